The maximum atomic E-state index is 12.6. The average molecular weight is 442 g/mol. The number of halogens is 1. The molecule has 0 atom stereocenters. The van der Waals surface area contributed by atoms with Crippen LogP contribution in [0.4, 0.5) is 15.6 Å². The molecule has 0 aliphatic carbocycles. The number of benzene rings is 2. The third kappa shape index (κ3) is 5.29. The highest BCUT2D eigenvalue weighted by Crippen LogP contribution is 2.21. The third-order valence-electron chi connectivity index (χ3n) is 5.07. The van der Waals surface area contributed by atoms with Crippen LogP contribution in [0.15, 0.2) is 48.5 Å². The Morgan fingerprint density at radius 2 is 1.97 bits per heavy atom. The Bertz CT molecular complexity index is 1010. The van der Waals surface area contributed by atoms with Crippen LogP contribution in [0.1, 0.15) is 23.4 Å². The molecule has 0 saturated carbocycles. The van der Waals surface area contributed by atoms with E-state index in [1.807, 2.05) is 17.0 Å². The molecule has 4 rings (SSSR count). The van der Waals surface area contributed by atoms with Gasteiger partial charge in [-0.1, -0.05) is 47.5 Å². The first-order chi connectivity index (χ1) is 14.6. The maximum Gasteiger partial charge on any atom is 0.321 e. The van der Waals surface area contributed by atoms with Crippen LogP contribution in [-0.2, 0) is 6.42 Å². The Labute approximate surface area is 185 Å². The van der Waals surface area contributed by atoms with E-state index in [-0.39, 0.29) is 6.03 Å². The predicted octanol–water partition coefficient (Wildman–Crippen LogP) is 4.83. The van der Waals surface area contributed by atoms with Crippen LogP contribution in [0.3, 0.4) is 0 Å². The molecule has 0 bridgehead atoms. The number of carbonyl (C=O) groups excluding carboxylic acids is 1. The van der Waals surface area contributed by atoms with E-state index in [0.717, 1.165) is 36.9 Å². The maximum absolute atomic E-state index is 12.6. The molecule has 1 saturated heterocycles. The van der Waals surface area contributed by atoms with Gasteiger partial charge in [0, 0.05) is 54.8 Å². The molecule has 30 heavy (non-hydrogen) atoms. The van der Waals surface area contributed by atoms with Gasteiger partial charge in [0.25, 0.3) is 0 Å². The number of nitrogens with zero attached hydrogens (tertiary/aromatic N) is 4. The summed E-state index contributed by atoms with van der Waals surface area (Å²) in [6.45, 7) is 5.03. The first-order valence-electron chi connectivity index (χ1n) is 10.0. The molecule has 156 valence electrons. The second kappa shape index (κ2) is 9.45. The molecule has 0 unspecified atom stereocenters. The fourth-order valence-corrected chi connectivity index (χ4v) is 4.34. The van der Waals surface area contributed by atoms with Gasteiger partial charge in [0.15, 0.2) is 0 Å². The van der Waals surface area contributed by atoms with Crippen LogP contribution in [0.5, 0.6) is 0 Å². The molecule has 2 heterocycles. The van der Waals surface area contributed by atoms with Gasteiger partial charge in [-0.2, -0.15) is 4.37 Å². The molecule has 0 spiro atoms. The Kier molecular flexibility index (Phi) is 6.50. The van der Waals surface area contributed by atoms with Crippen molar-refractivity contribution in [3.05, 3.63) is 70.5 Å². The van der Waals surface area contributed by atoms with E-state index >= 15 is 0 Å². The summed E-state index contributed by atoms with van der Waals surface area (Å²) < 4.78 is 4.54. The standard InChI is InChI=1S/C22H24ClN5OS/c1-16-6-8-17(9-7-16)14-20-25-22(30-26-20)28-11-3-10-27(12-13-28)21(29)24-19-5-2-4-18(23)15-19/h2,4-9,15H,3,10-14H2,1H3,(H,24,29). The third-order valence-corrected chi connectivity index (χ3v) is 6.12. The number of carbonyl (C=O) groups is 1. The normalized spacial score (nSPS) is 14.5. The summed E-state index contributed by atoms with van der Waals surface area (Å²) in [6, 6.07) is 15.6. The van der Waals surface area contributed by atoms with Gasteiger partial charge in [0.05, 0.1) is 0 Å². The second-order valence-corrected chi connectivity index (χ2v) is 8.59. The van der Waals surface area contributed by atoms with Crippen molar-refractivity contribution in [3.8, 4) is 0 Å². The zero-order valence-corrected chi connectivity index (χ0v) is 18.4. The summed E-state index contributed by atoms with van der Waals surface area (Å²) in [7, 11) is 0. The van der Waals surface area contributed by atoms with Crippen LogP contribution in [-0.4, -0.2) is 46.5 Å². The predicted molar refractivity (Wildman–Crippen MR) is 123 cm³/mol. The smallest absolute Gasteiger partial charge is 0.321 e. The monoisotopic (exact) mass is 441 g/mol. The molecular weight excluding hydrogens is 418 g/mol. The Balaban J connectivity index is 1.34. The Hall–Kier alpha value is -2.64. The number of amides is 2. The number of nitrogens with one attached hydrogen (secondary N) is 1. The van der Waals surface area contributed by atoms with E-state index in [1.165, 1.54) is 22.7 Å². The lowest BCUT2D eigenvalue weighted by molar-refractivity contribution is 0.215. The van der Waals surface area contributed by atoms with Crippen molar-refractivity contribution in [2.75, 3.05) is 36.4 Å². The van der Waals surface area contributed by atoms with E-state index in [0.29, 0.717) is 23.8 Å². The van der Waals surface area contributed by atoms with Gasteiger partial charge in [0.2, 0.25) is 5.13 Å². The summed E-state index contributed by atoms with van der Waals surface area (Å²) in [5.74, 6) is 0.846. The molecule has 1 N–H and O–H groups in total. The fraction of sp³-hybridized carbons (Fsp3) is 0.318. The quantitative estimate of drug-likeness (QED) is 0.629. The van der Waals surface area contributed by atoms with Gasteiger partial charge in [-0.3, -0.25) is 0 Å². The minimum atomic E-state index is -0.101. The van der Waals surface area contributed by atoms with Crippen molar-refractivity contribution in [2.45, 2.75) is 19.8 Å². The lowest BCUT2D eigenvalue weighted by atomic mass is 10.1. The number of rotatable bonds is 4. The highest BCUT2D eigenvalue weighted by Gasteiger charge is 2.21. The number of hydrogen-bond acceptors (Lipinski definition) is 5. The van der Waals surface area contributed by atoms with E-state index < -0.39 is 0 Å². The van der Waals surface area contributed by atoms with Crippen LogP contribution in [0, 0.1) is 6.92 Å². The van der Waals surface area contributed by atoms with Gasteiger partial charge in [-0.15, -0.1) is 0 Å². The molecule has 1 aliphatic heterocycles. The minimum absolute atomic E-state index is 0.101. The molecule has 1 fully saturated rings. The molecule has 2 aromatic carbocycles. The van der Waals surface area contributed by atoms with Crippen molar-refractivity contribution in [1.82, 2.24) is 14.3 Å². The average Bonchev–Trinajstić information content (AvgIpc) is 3.04. The van der Waals surface area contributed by atoms with Crippen molar-refractivity contribution in [2.24, 2.45) is 0 Å². The number of anilines is 2. The van der Waals surface area contributed by atoms with Gasteiger partial charge in [-0.05, 0) is 37.1 Å². The lowest BCUT2D eigenvalue weighted by Gasteiger charge is -2.22. The SMILES string of the molecule is Cc1ccc(Cc2nsc(N3CCCN(C(=O)Nc4cccc(Cl)c4)CC3)n2)cc1. The van der Waals surface area contributed by atoms with E-state index in [1.54, 1.807) is 12.1 Å². The molecule has 2 amide bonds. The molecule has 3 aromatic rings. The van der Waals surface area contributed by atoms with E-state index in [4.69, 9.17) is 16.6 Å². The van der Waals surface area contributed by atoms with Gasteiger partial charge in [-0.25, -0.2) is 9.78 Å². The zero-order chi connectivity index (χ0) is 20.9. The number of hydrogen-bond donors (Lipinski definition) is 1. The van der Waals surface area contributed by atoms with Crippen molar-refractivity contribution >= 4 is 40.0 Å². The van der Waals surface area contributed by atoms with Crippen molar-refractivity contribution in [3.63, 3.8) is 0 Å². The Morgan fingerprint density at radius 3 is 2.77 bits per heavy atom. The van der Waals surface area contributed by atoms with E-state index in [9.17, 15) is 4.79 Å². The summed E-state index contributed by atoms with van der Waals surface area (Å²) in [4.78, 5) is 21.4. The number of aryl methyl sites for hydroxylation is 1. The van der Waals surface area contributed by atoms with Crippen LogP contribution < -0.4 is 10.2 Å². The highest BCUT2D eigenvalue weighted by atomic mass is 35.5. The molecule has 6 nitrogen and oxygen atoms in total. The highest BCUT2D eigenvalue weighted by molar-refractivity contribution is 7.09. The van der Waals surface area contributed by atoms with Crippen LogP contribution >= 0.6 is 23.1 Å². The summed E-state index contributed by atoms with van der Waals surface area (Å²) >= 11 is 7.44. The fourth-order valence-electron chi connectivity index (χ4n) is 3.41. The lowest BCUT2D eigenvalue weighted by Crippen LogP contribution is -2.38. The molecular formula is C22H24ClN5OS. The van der Waals surface area contributed by atoms with Crippen molar-refractivity contribution in [1.29, 1.82) is 0 Å². The number of aromatic nitrogens is 2. The van der Waals surface area contributed by atoms with E-state index in [2.05, 4.69) is 45.8 Å². The molecule has 8 heteroatoms. The summed E-state index contributed by atoms with van der Waals surface area (Å²) in [6.07, 6.45) is 1.62. The Morgan fingerprint density at radius 1 is 1.13 bits per heavy atom. The first-order valence-corrected chi connectivity index (χ1v) is 11.2. The minimum Gasteiger partial charge on any atom is -0.345 e. The summed E-state index contributed by atoms with van der Waals surface area (Å²) in [5.41, 5.74) is 3.17. The second-order valence-electron chi connectivity index (χ2n) is 7.42. The molecule has 0 radical (unpaired) electrons. The van der Waals surface area contributed by atoms with Crippen LogP contribution in [0.25, 0.3) is 0 Å². The van der Waals surface area contributed by atoms with Gasteiger partial charge >= 0.3 is 6.03 Å². The number of urea groups is 1. The summed E-state index contributed by atoms with van der Waals surface area (Å²) in [5, 5.41) is 4.46. The topological polar surface area (TPSA) is 61.4 Å². The largest absolute Gasteiger partial charge is 0.345 e. The van der Waals surface area contributed by atoms with Crippen LogP contribution in [0.2, 0.25) is 5.02 Å². The van der Waals surface area contributed by atoms with Gasteiger partial charge < -0.3 is 15.1 Å². The molecule has 1 aromatic heterocycles. The zero-order valence-electron chi connectivity index (χ0n) is 16.8. The molecule has 1 aliphatic rings. The van der Waals surface area contributed by atoms with Gasteiger partial charge in [0.1, 0.15) is 5.82 Å². The first kappa shape index (κ1) is 20.6. The van der Waals surface area contributed by atoms with Crippen molar-refractivity contribution < 1.29 is 4.79 Å².